The van der Waals surface area contributed by atoms with E-state index >= 15 is 0 Å². The van der Waals surface area contributed by atoms with Crippen molar-refractivity contribution < 1.29 is 9.18 Å². The molecule has 2 N–H and O–H groups in total. The summed E-state index contributed by atoms with van der Waals surface area (Å²) >= 11 is 5.95. The quantitative estimate of drug-likeness (QED) is 0.654. The molecular formula is C20H19ClFN3O2. The molecule has 0 bridgehead atoms. The fourth-order valence-corrected chi connectivity index (χ4v) is 3.05. The van der Waals surface area contributed by atoms with Gasteiger partial charge in [0.2, 0.25) is 0 Å². The average Bonchev–Trinajstić information content (AvgIpc) is 2.61. The Bertz CT molecular complexity index is 1060. The smallest absolute Gasteiger partial charge is 0.313 e. The highest BCUT2D eigenvalue weighted by Gasteiger charge is 2.13. The second kappa shape index (κ2) is 7.80. The lowest BCUT2D eigenvalue weighted by molar-refractivity contribution is 0.262. The molecule has 5 nitrogen and oxygen atoms in total. The molecule has 0 saturated carbocycles. The number of anilines is 2. The number of aromatic nitrogens is 1. The Morgan fingerprint density at radius 1 is 1.11 bits per heavy atom. The van der Waals surface area contributed by atoms with Crippen molar-refractivity contribution in [2.24, 2.45) is 5.92 Å². The standard InChI is InChI=1S/C20H19ClFN3O2/c1-12(2)10-25-11-18(14-5-3-4-6-15(14)19(25)26)24-20(27)23-17-8-7-13(22)9-16(17)21/h3-9,11-12H,10H2,1-2H3,(H2,23,24,27). The van der Waals surface area contributed by atoms with Crippen LogP contribution in [0.3, 0.4) is 0 Å². The van der Waals surface area contributed by atoms with E-state index < -0.39 is 11.8 Å². The number of rotatable bonds is 4. The number of pyridine rings is 1. The number of benzene rings is 2. The highest BCUT2D eigenvalue weighted by molar-refractivity contribution is 6.33. The monoisotopic (exact) mass is 387 g/mol. The van der Waals surface area contributed by atoms with Crippen LogP contribution in [0.15, 0.2) is 53.5 Å². The first kappa shape index (κ1) is 18.9. The molecule has 2 aromatic carbocycles. The van der Waals surface area contributed by atoms with Gasteiger partial charge >= 0.3 is 6.03 Å². The summed E-state index contributed by atoms with van der Waals surface area (Å²) in [6, 6.07) is 10.3. The van der Waals surface area contributed by atoms with Crippen LogP contribution in [0.5, 0.6) is 0 Å². The summed E-state index contributed by atoms with van der Waals surface area (Å²) in [5, 5.41) is 6.61. The average molecular weight is 388 g/mol. The molecule has 0 fully saturated rings. The Labute approximate surface area is 160 Å². The van der Waals surface area contributed by atoms with Gasteiger partial charge in [-0.05, 0) is 30.2 Å². The van der Waals surface area contributed by atoms with Crippen LogP contribution in [0.2, 0.25) is 5.02 Å². The number of fused-ring (bicyclic) bond motifs is 1. The topological polar surface area (TPSA) is 63.1 Å². The first-order valence-corrected chi connectivity index (χ1v) is 8.88. The minimum atomic E-state index is -0.539. The van der Waals surface area contributed by atoms with Gasteiger partial charge in [-0.25, -0.2) is 9.18 Å². The SMILES string of the molecule is CC(C)Cn1cc(NC(=O)Nc2ccc(F)cc2Cl)c2ccccc2c1=O. The van der Waals surface area contributed by atoms with Crippen molar-refractivity contribution in [1.82, 2.24) is 4.57 Å². The molecule has 140 valence electrons. The zero-order valence-corrected chi connectivity index (χ0v) is 15.7. The van der Waals surface area contributed by atoms with Crippen molar-refractivity contribution in [2.45, 2.75) is 20.4 Å². The van der Waals surface area contributed by atoms with Gasteiger partial charge in [0.25, 0.3) is 5.56 Å². The van der Waals surface area contributed by atoms with Crippen molar-refractivity contribution in [3.8, 4) is 0 Å². The Balaban J connectivity index is 1.94. The molecule has 0 saturated heterocycles. The molecule has 0 atom stereocenters. The highest BCUT2D eigenvalue weighted by Crippen LogP contribution is 2.24. The van der Waals surface area contributed by atoms with Gasteiger partial charge in [0.15, 0.2) is 0 Å². The fourth-order valence-electron chi connectivity index (χ4n) is 2.84. The molecule has 0 aliphatic heterocycles. The molecule has 7 heteroatoms. The molecule has 2 amide bonds. The molecule has 0 unspecified atom stereocenters. The van der Waals surface area contributed by atoms with E-state index in [9.17, 15) is 14.0 Å². The lowest BCUT2D eigenvalue weighted by Gasteiger charge is -2.15. The summed E-state index contributed by atoms with van der Waals surface area (Å²) in [4.78, 5) is 25.1. The van der Waals surface area contributed by atoms with E-state index in [1.54, 1.807) is 35.0 Å². The molecule has 0 aliphatic carbocycles. The second-order valence-corrected chi connectivity index (χ2v) is 7.05. The van der Waals surface area contributed by atoms with Gasteiger partial charge < -0.3 is 15.2 Å². The number of urea groups is 1. The summed E-state index contributed by atoms with van der Waals surface area (Å²) in [5.74, 6) is -0.221. The predicted molar refractivity (Wildman–Crippen MR) is 107 cm³/mol. The lowest BCUT2D eigenvalue weighted by atomic mass is 10.1. The normalized spacial score (nSPS) is 11.0. The number of nitrogens with zero attached hydrogens (tertiary/aromatic N) is 1. The van der Waals surface area contributed by atoms with Gasteiger partial charge in [0, 0.05) is 23.5 Å². The summed E-state index contributed by atoms with van der Waals surface area (Å²) in [7, 11) is 0. The number of hydrogen-bond acceptors (Lipinski definition) is 2. The van der Waals surface area contributed by atoms with Crippen LogP contribution in [0, 0.1) is 11.7 Å². The molecule has 1 aromatic heterocycles. The number of halogens is 2. The van der Waals surface area contributed by atoms with Crippen molar-refractivity contribution >= 4 is 39.8 Å². The zero-order valence-electron chi connectivity index (χ0n) is 14.9. The van der Waals surface area contributed by atoms with Crippen molar-refractivity contribution in [3.05, 3.63) is 69.9 Å². The predicted octanol–water partition coefficient (Wildman–Crippen LogP) is 5.09. The van der Waals surface area contributed by atoms with Crippen LogP contribution in [0.1, 0.15) is 13.8 Å². The van der Waals surface area contributed by atoms with Crippen molar-refractivity contribution in [3.63, 3.8) is 0 Å². The maximum atomic E-state index is 13.1. The van der Waals surface area contributed by atoms with Gasteiger partial charge in [0.1, 0.15) is 5.82 Å². The van der Waals surface area contributed by atoms with Gasteiger partial charge in [-0.15, -0.1) is 0 Å². The minimum Gasteiger partial charge on any atom is -0.313 e. The Kier molecular flexibility index (Phi) is 5.46. The summed E-state index contributed by atoms with van der Waals surface area (Å²) in [6.07, 6.45) is 1.64. The number of carbonyl (C=O) groups excluding carboxylic acids is 1. The first-order valence-electron chi connectivity index (χ1n) is 8.50. The number of hydrogen-bond donors (Lipinski definition) is 2. The largest absolute Gasteiger partial charge is 0.323 e. The zero-order chi connectivity index (χ0) is 19.6. The minimum absolute atomic E-state index is 0.0970. The van der Waals surface area contributed by atoms with Crippen LogP contribution < -0.4 is 16.2 Å². The summed E-state index contributed by atoms with van der Waals surface area (Å²) in [5.41, 5.74) is 0.684. The second-order valence-electron chi connectivity index (χ2n) is 6.64. The van der Waals surface area contributed by atoms with Crippen molar-refractivity contribution in [2.75, 3.05) is 10.6 Å². The molecule has 27 heavy (non-hydrogen) atoms. The Hall–Kier alpha value is -2.86. The molecule has 0 radical (unpaired) electrons. The van der Waals surface area contributed by atoms with E-state index in [2.05, 4.69) is 10.6 Å². The summed E-state index contributed by atoms with van der Waals surface area (Å²) < 4.78 is 14.7. The van der Waals surface area contributed by atoms with Gasteiger partial charge in [-0.2, -0.15) is 0 Å². The third-order valence-corrected chi connectivity index (χ3v) is 4.30. The van der Waals surface area contributed by atoms with Crippen LogP contribution in [-0.2, 0) is 6.54 Å². The van der Waals surface area contributed by atoms with Crippen molar-refractivity contribution in [1.29, 1.82) is 0 Å². The van der Waals surface area contributed by atoms with Gasteiger partial charge in [-0.1, -0.05) is 43.6 Å². The molecule has 0 aliphatic rings. The van der Waals surface area contributed by atoms with Crippen LogP contribution in [0.25, 0.3) is 10.8 Å². The third kappa shape index (κ3) is 4.28. The highest BCUT2D eigenvalue weighted by atomic mass is 35.5. The maximum Gasteiger partial charge on any atom is 0.323 e. The molecule has 0 spiro atoms. The molecule has 3 aromatic rings. The van der Waals surface area contributed by atoms with Gasteiger partial charge in [0.05, 0.1) is 16.4 Å². The molecule has 3 rings (SSSR count). The van der Waals surface area contributed by atoms with Crippen LogP contribution in [0.4, 0.5) is 20.6 Å². The maximum absolute atomic E-state index is 13.1. The van der Waals surface area contributed by atoms with E-state index in [0.717, 1.165) is 6.07 Å². The van der Waals surface area contributed by atoms with Gasteiger partial charge in [-0.3, -0.25) is 4.79 Å². The van der Waals surface area contributed by atoms with Crippen LogP contribution in [-0.4, -0.2) is 10.6 Å². The van der Waals surface area contributed by atoms with E-state index in [0.29, 0.717) is 23.0 Å². The molecule has 1 heterocycles. The van der Waals surface area contributed by atoms with E-state index in [1.165, 1.54) is 12.1 Å². The number of carbonyl (C=O) groups is 1. The van der Waals surface area contributed by atoms with E-state index in [4.69, 9.17) is 11.6 Å². The number of amides is 2. The fraction of sp³-hybridized carbons (Fsp3) is 0.200. The Morgan fingerprint density at radius 3 is 2.44 bits per heavy atom. The first-order chi connectivity index (χ1) is 12.8. The Morgan fingerprint density at radius 2 is 1.78 bits per heavy atom. The van der Waals surface area contributed by atoms with E-state index in [1.807, 2.05) is 13.8 Å². The van der Waals surface area contributed by atoms with E-state index in [-0.39, 0.29) is 22.2 Å². The van der Waals surface area contributed by atoms with Crippen LogP contribution >= 0.6 is 11.6 Å². The molecular weight excluding hydrogens is 369 g/mol. The number of nitrogens with one attached hydrogen (secondary N) is 2. The lowest BCUT2D eigenvalue weighted by Crippen LogP contribution is -2.25. The summed E-state index contributed by atoms with van der Waals surface area (Å²) in [6.45, 7) is 4.56. The third-order valence-electron chi connectivity index (χ3n) is 3.98.